The van der Waals surface area contributed by atoms with E-state index in [0.717, 1.165) is 4.90 Å². The predicted molar refractivity (Wildman–Crippen MR) is 104 cm³/mol. The maximum absolute atomic E-state index is 12.8. The SMILES string of the molecule is CCOc1ccc(N2C(=O)c3ccc(C(=O)NC(C)COC)cc3C2=O)cc1. The summed E-state index contributed by atoms with van der Waals surface area (Å²) < 4.78 is 10.4. The minimum absolute atomic E-state index is 0.177. The molecule has 1 N–H and O–H groups in total. The van der Waals surface area contributed by atoms with Crippen molar-refractivity contribution in [3.63, 3.8) is 0 Å². The molecule has 0 spiro atoms. The van der Waals surface area contributed by atoms with Crippen molar-refractivity contribution >= 4 is 23.4 Å². The Morgan fingerprint density at radius 1 is 1.07 bits per heavy atom. The number of carbonyl (C=O) groups is 3. The van der Waals surface area contributed by atoms with Gasteiger partial charge in [-0.15, -0.1) is 0 Å². The largest absolute Gasteiger partial charge is 0.494 e. The predicted octanol–water partition coefficient (Wildman–Crippen LogP) is 2.65. The van der Waals surface area contributed by atoms with Gasteiger partial charge in [-0.3, -0.25) is 14.4 Å². The van der Waals surface area contributed by atoms with Crippen LogP contribution in [0.4, 0.5) is 5.69 Å². The van der Waals surface area contributed by atoms with Gasteiger partial charge in [0, 0.05) is 18.7 Å². The molecule has 7 nitrogen and oxygen atoms in total. The highest BCUT2D eigenvalue weighted by Gasteiger charge is 2.37. The number of anilines is 1. The zero-order chi connectivity index (χ0) is 20.3. The molecule has 146 valence electrons. The number of benzene rings is 2. The second kappa shape index (κ2) is 8.22. The minimum atomic E-state index is -0.455. The molecular weight excluding hydrogens is 360 g/mol. The molecule has 2 aromatic rings. The first-order chi connectivity index (χ1) is 13.5. The van der Waals surface area contributed by atoms with Crippen molar-refractivity contribution < 1.29 is 23.9 Å². The number of carbonyl (C=O) groups excluding carboxylic acids is 3. The normalized spacial score (nSPS) is 14.0. The van der Waals surface area contributed by atoms with Crippen LogP contribution in [0.2, 0.25) is 0 Å². The van der Waals surface area contributed by atoms with Crippen LogP contribution in [0.1, 0.15) is 44.9 Å². The minimum Gasteiger partial charge on any atom is -0.494 e. The topological polar surface area (TPSA) is 84.9 Å². The summed E-state index contributed by atoms with van der Waals surface area (Å²) in [6.45, 7) is 4.60. The number of nitrogens with one attached hydrogen (secondary N) is 1. The van der Waals surface area contributed by atoms with Crippen LogP contribution in [0.3, 0.4) is 0 Å². The van der Waals surface area contributed by atoms with Crippen molar-refractivity contribution in [3.05, 3.63) is 59.2 Å². The highest BCUT2D eigenvalue weighted by molar-refractivity contribution is 6.34. The van der Waals surface area contributed by atoms with Crippen LogP contribution in [0.25, 0.3) is 0 Å². The molecule has 0 fully saturated rings. The second-order valence-electron chi connectivity index (χ2n) is 6.46. The maximum atomic E-state index is 12.8. The first kappa shape index (κ1) is 19.6. The van der Waals surface area contributed by atoms with Crippen molar-refractivity contribution in [1.82, 2.24) is 5.32 Å². The number of ether oxygens (including phenoxy) is 2. The van der Waals surface area contributed by atoms with Gasteiger partial charge in [0.2, 0.25) is 0 Å². The lowest BCUT2D eigenvalue weighted by molar-refractivity contribution is 0.0902. The van der Waals surface area contributed by atoms with E-state index in [1.54, 1.807) is 37.4 Å². The van der Waals surface area contributed by atoms with Crippen molar-refractivity contribution in [2.24, 2.45) is 0 Å². The molecule has 0 bridgehead atoms. The Kier molecular flexibility index (Phi) is 5.75. The van der Waals surface area contributed by atoms with Crippen molar-refractivity contribution in [2.45, 2.75) is 19.9 Å². The molecule has 28 heavy (non-hydrogen) atoms. The third-order valence-electron chi connectivity index (χ3n) is 4.35. The van der Waals surface area contributed by atoms with E-state index >= 15 is 0 Å². The average molecular weight is 382 g/mol. The molecule has 0 aromatic heterocycles. The average Bonchev–Trinajstić information content (AvgIpc) is 2.93. The molecule has 1 heterocycles. The molecule has 0 saturated carbocycles. The molecule has 1 unspecified atom stereocenters. The number of hydrogen-bond acceptors (Lipinski definition) is 5. The molecule has 3 rings (SSSR count). The number of fused-ring (bicyclic) bond motifs is 1. The van der Waals surface area contributed by atoms with Gasteiger partial charge in [0.25, 0.3) is 17.7 Å². The number of imide groups is 1. The fraction of sp³-hybridized carbons (Fsp3) is 0.286. The highest BCUT2D eigenvalue weighted by Crippen LogP contribution is 2.30. The fourth-order valence-corrected chi connectivity index (χ4v) is 3.07. The van der Waals surface area contributed by atoms with Crippen LogP contribution in [-0.4, -0.2) is 44.1 Å². The number of hydrogen-bond donors (Lipinski definition) is 1. The molecule has 1 atom stereocenters. The van der Waals surface area contributed by atoms with Crippen molar-refractivity contribution in [3.8, 4) is 5.75 Å². The summed E-state index contributed by atoms with van der Waals surface area (Å²) in [5.41, 5.74) is 1.26. The van der Waals surface area contributed by atoms with Gasteiger partial charge in [0.1, 0.15) is 5.75 Å². The Bertz CT molecular complexity index is 908. The summed E-state index contributed by atoms with van der Waals surface area (Å²) in [5, 5.41) is 2.79. The maximum Gasteiger partial charge on any atom is 0.266 e. The fourth-order valence-electron chi connectivity index (χ4n) is 3.07. The summed E-state index contributed by atoms with van der Waals surface area (Å²) >= 11 is 0. The number of methoxy groups -OCH3 is 1. The quantitative estimate of drug-likeness (QED) is 0.744. The lowest BCUT2D eigenvalue weighted by Crippen LogP contribution is -2.35. The summed E-state index contributed by atoms with van der Waals surface area (Å²) in [6.07, 6.45) is 0. The third kappa shape index (κ3) is 3.75. The second-order valence-corrected chi connectivity index (χ2v) is 6.46. The van der Waals surface area contributed by atoms with Crippen LogP contribution >= 0.6 is 0 Å². The first-order valence-electron chi connectivity index (χ1n) is 9.01. The number of amides is 3. The number of nitrogens with zero attached hydrogens (tertiary/aromatic N) is 1. The molecule has 1 aliphatic heterocycles. The highest BCUT2D eigenvalue weighted by atomic mass is 16.5. The molecule has 3 amide bonds. The van der Waals surface area contributed by atoms with Gasteiger partial charge in [0.05, 0.1) is 30.0 Å². The Morgan fingerprint density at radius 3 is 2.39 bits per heavy atom. The van der Waals surface area contributed by atoms with Gasteiger partial charge in [-0.2, -0.15) is 0 Å². The van der Waals surface area contributed by atoms with Gasteiger partial charge in [-0.05, 0) is 56.3 Å². The molecule has 2 aromatic carbocycles. The van der Waals surface area contributed by atoms with E-state index < -0.39 is 11.8 Å². The van der Waals surface area contributed by atoms with E-state index in [2.05, 4.69) is 5.32 Å². The van der Waals surface area contributed by atoms with Gasteiger partial charge in [-0.25, -0.2) is 4.90 Å². The Labute approximate surface area is 163 Å². The van der Waals surface area contributed by atoms with Gasteiger partial charge < -0.3 is 14.8 Å². The molecular formula is C21H22N2O5. The zero-order valence-electron chi connectivity index (χ0n) is 16.0. The van der Waals surface area contributed by atoms with Crippen molar-refractivity contribution in [2.75, 3.05) is 25.2 Å². The Balaban J connectivity index is 1.84. The van der Waals surface area contributed by atoms with Crippen LogP contribution in [-0.2, 0) is 4.74 Å². The smallest absolute Gasteiger partial charge is 0.266 e. The summed E-state index contributed by atoms with van der Waals surface area (Å²) in [6, 6.07) is 11.1. The summed E-state index contributed by atoms with van der Waals surface area (Å²) in [5.74, 6) is -0.535. The summed E-state index contributed by atoms with van der Waals surface area (Å²) in [7, 11) is 1.55. The van der Waals surface area contributed by atoms with E-state index in [1.807, 2.05) is 13.8 Å². The van der Waals surface area contributed by atoms with Gasteiger partial charge >= 0.3 is 0 Å². The first-order valence-corrected chi connectivity index (χ1v) is 9.01. The standard InChI is InChI=1S/C21H22N2O5/c1-4-28-16-8-6-15(7-9-16)23-20(25)17-10-5-14(11-18(17)21(23)26)19(24)22-13(2)12-27-3/h5-11,13H,4,12H2,1-3H3,(H,22,24). The van der Waals surface area contributed by atoms with Crippen molar-refractivity contribution in [1.29, 1.82) is 0 Å². The van der Waals surface area contributed by atoms with E-state index in [-0.39, 0.29) is 23.1 Å². The van der Waals surface area contributed by atoms with Gasteiger partial charge in [0.15, 0.2) is 0 Å². The molecule has 0 aliphatic carbocycles. The van der Waals surface area contributed by atoms with E-state index in [1.165, 1.54) is 12.1 Å². The molecule has 1 aliphatic rings. The van der Waals surface area contributed by atoms with Crippen LogP contribution < -0.4 is 15.0 Å². The van der Waals surface area contributed by atoms with E-state index in [4.69, 9.17) is 9.47 Å². The third-order valence-corrected chi connectivity index (χ3v) is 4.35. The monoisotopic (exact) mass is 382 g/mol. The zero-order valence-corrected chi connectivity index (χ0v) is 16.0. The Hall–Kier alpha value is -3.19. The number of rotatable bonds is 7. The van der Waals surface area contributed by atoms with Crippen LogP contribution in [0, 0.1) is 0 Å². The Morgan fingerprint density at radius 2 is 1.75 bits per heavy atom. The molecule has 7 heteroatoms. The lowest BCUT2D eigenvalue weighted by Gasteiger charge is -2.14. The molecule has 0 radical (unpaired) electrons. The van der Waals surface area contributed by atoms with E-state index in [9.17, 15) is 14.4 Å². The van der Waals surface area contributed by atoms with E-state index in [0.29, 0.717) is 30.2 Å². The lowest BCUT2D eigenvalue weighted by atomic mass is 10.1. The van der Waals surface area contributed by atoms with Crippen LogP contribution in [0.15, 0.2) is 42.5 Å². The van der Waals surface area contributed by atoms with Gasteiger partial charge in [-0.1, -0.05) is 0 Å². The summed E-state index contributed by atoms with van der Waals surface area (Å²) in [4.78, 5) is 39.0. The van der Waals surface area contributed by atoms with Crippen LogP contribution in [0.5, 0.6) is 5.75 Å². The molecule has 0 saturated heterocycles.